The number of rotatable bonds is 3. The van der Waals surface area contributed by atoms with Crippen molar-refractivity contribution in [3.63, 3.8) is 0 Å². The number of nitrogens with zero attached hydrogens (tertiary/aromatic N) is 2. The Balaban J connectivity index is 1.74. The number of aromatic nitrogens is 1. The first kappa shape index (κ1) is 13.4. The van der Waals surface area contributed by atoms with Crippen molar-refractivity contribution in [3.05, 3.63) is 34.8 Å². The molecule has 1 aliphatic rings. The normalized spacial score (nSPS) is 24.3. The van der Waals surface area contributed by atoms with Crippen molar-refractivity contribution in [2.75, 3.05) is 19.6 Å². The van der Waals surface area contributed by atoms with E-state index in [2.05, 4.69) is 18.7 Å². The molecule has 2 atom stereocenters. The Morgan fingerprint density at radius 2 is 1.85 bits per heavy atom. The van der Waals surface area contributed by atoms with Crippen molar-refractivity contribution in [1.82, 2.24) is 9.47 Å². The molecular formula is C15H20N2O3. The van der Waals surface area contributed by atoms with Crippen LogP contribution >= 0.6 is 0 Å². The summed E-state index contributed by atoms with van der Waals surface area (Å²) in [5, 5.41) is 0. The Hall–Kier alpha value is -1.59. The maximum absolute atomic E-state index is 11.9. The molecule has 2 aromatic rings. The molecule has 0 saturated carbocycles. The molecule has 5 nitrogen and oxygen atoms in total. The molecule has 0 unspecified atom stereocenters. The summed E-state index contributed by atoms with van der Waals surface area (Å²) in [7, 11) is 0. The molecule has 3 rings (SSSR count). The number of fused-ring (bicyclic) bond motifs is 1. The first-order valence-corrected chi connectivity index (χ1v) is 7.09. The third-order valence-corrected chi connectivity index (χ3v) is 3.71. The maximum atomic E-state index is 11.9. The van der Waals surface area contributed by atoms with Crippen LogP contribution in [0.2, 0.25) is 0 Å². The highest BCUT2D eigenvalue weighted by molar-refractivity contribution is 5.72. The van der Waals surface area contributed by atoms with Gasteiger partial charge < -0.3 is 9.15 Å². The molecule has 0 spiro atoms. The quantitative estimate of drug-likeness (QED) is 0.856. The van der Waals surface area contributed by atoms with Crippen LogP contribution < -0.4 is 5.76 Å². The van der Waals surface area contributed by atoms with Gasteiger partial charge in [-0.15, -0.1) is 0 Å². The molecular weight excluding hydrogens is 256 g/mol. The maximum Gasteiger partial charge on any atom is 0.419 e. The van der Waals surface area contributed by atoms with Crippen molar-refractivity contribution < 1.29 is 9.15 Å². The Morgan fingerprint density at radius 3 is 2.60 bits per heavy atom. The summed E-state index contributed by atoms with van der Waals surface area (Å²) in [5.41, 5.74) is 1.52. The molecule has 1 saturated heterocycles. The van der Waals surface area contributed by atoms with E-state index in [1.807, 2.05) is 24.3 Å². The van der Waals surface area contributed by atoms with Gasteiger partial charge in [-0.25, -0.2) is 4.79 Å². The number of oxazole rings is 1. The average Bonchev–Trinajstić information content (AvgIpc) is 2.71. The lowest BCUT2D eigenvalue weighted by molar-refractivity contribution is -0.0685. The fourth-order valence-corrected chi connectivity index (χ4v) is 2.93. The lowest BCUT2D eigenvalue weighted by Gasteiger charge is -2.35. The fourth-order valence-electron chi connectivity index (χ4n) is 2.93. The van der Waals surface area contributed by atoms with Gasteiger partial charge in [0.25, 0.3) is 0 Å². The van der Waals surface area contributed by atoms with Crippen molar-refractivity contribution in [1.29, 1.82) is 0 Å². The molecule has 5 heteroatoms. The second kappa shape index (κ2) is 5.42. The highest BCUT2D eigenvalue weighted by atomic mass is 16.5. The molecule has 0 N–H and O–H groups in total. The summed E-state index contributed by atoms with van der Waals surface area (Å²) in [5.74, 6) is -0.277. The van der Waals surface area contributed by atoms with E-state index in [4.69, 9.17) is 9.15 Å². The summed E-state index contributed by atoms with van der Waals surface area (Å²) < 4.78 is 12.7. The van der Waals surface area contributed by atoms with Crippen molar-refractivity contribution in [3.8, 4) is 0 Å². The topological polar surface area (TPSA) is 47.6 Å². The van der Waals surface area contributed by atoms with Crippen LogP contribution in [-0.4, -0.2) is 41.3 Å². The van der Waals surface area contributed by atoms with Gasteiger partial charge in [-0.1, -0.05) is 12.1 Å². The zero-order valence-electron chi connectivity index (χ0n) is 11.9. The van der Waals surface area contributed by atoms with Crippen molar-refractivity contribution in [2.45, 2.75) is 32.6 Å². The van der Waals surface area contributed by atoms with Crippen LogP contribution in [0.25, 0.3) is 11.1 Å². The molecule has 20 heavy (non-hydrogen) atoms. The van der Waals surface area contributed by atoms with Crippen LogP contribution in [0.15, 0.2) is 33.5 Å². The number of para-hydroxylation sites is 2. The zero-order chi connectivity index (χ0) is 14.1. The number of hydrogen-bond donors (Lipinski definition) is 0. The summed E-state index contributed by atoms with van der Waals surface area (Å²) in [4.78, 5) is 14.2. The highest BCUT2D eigenvalue weighted by Gasteiger charge is 2.22. The molecule has 0 bridgehead atoms. The summed E-state index contributed by atoms with van der Waals surface area (Å²) in [6.45, 7) is 7.48. The van der Waals surface area contributed by atoms with Gasteiger partial charge in [0.1, 0.15) is 0 Å². The van der Waals surface area contributed by atoms with Crippen LogP contribution in [0.4, 0.5) is 0 Å². The first-order valence-electron chi connectivity index (χ1n) is 7.09. The van der Waals surface area contributed by atoms with Crippen LogP contribution in [0.3, 0.4) is 0 Å². The third kappa shape index (κ3) is 2.64. The van der Waals surface area contributed by atoms with Crippen LogP contribution in [0, 0.1) is 0 Å². The van der Waals surface area contributed by atoms with Gasteiger partial charge in [0.15, 0.2) is 5.58 Å². The van der Waals surface area contributed by atoms with E-state index in [1.54, 1.807) is 4.57 Å². The molecule has 0 amide bonds. The fraction of sp³-hybridized carbons (Fsp3) is 0.533. The predicted molar refractivity (Wildman–Crippen MR) is 76.9 cm³/mol. The molecule has 0 aliphatic carbocycles. The molecule has 108 valence electrons. The Bertz CT molecular complexity index is 636. The van der Waals surface area contributed by atoms with E-state index < -0.39 is 0 Å². The number of hydrogen-bond acceptors (Lipinski definition) is 4. The second-order valence-corrected chi connectivity index (χ2v) is 5.50. The molecule has 0 radical (unpaired) electrons. The summed E-state index contributed by atoms with van der Waals surface area (Å²) >= 11 is 0. The number of morpholine rings is 1. The lowest BCUT2D eigenvalue weighted by Crippen LogP contribution is -2.46. The molecule has 1 aliphatic heterocycles. The summed E-state index contributed by atoms with van der Waals surface area (Å²) in [6, 6.07) is 7.55. The minimum absolute atomic E-state index is 0.247. The monoisotopic (exact) mass is 276 g/mol. The standard InChI is InChI=1S/C15H20N2O3/c1-11-9-16(10-12(2)19-11)7-8-17-13-5-3-4-6-14(13)20-15(17)18/h3-6,11-12H,7-10H2,1-2H3/t11-,12+. The van der Waals surface area contributed by atoms with Crippen molar-refractivity contribution in [2.24, 2.45) is 0 Å². The molecule has 1 fully saturated rings. The zero-order valence-corrected chi connectivity index (χ0v) is 11.9. The largest absolute Gasteiger partial charge is 0.419 e. The highest BCUT2D eigenvalue weighted by Crippen LogP contribution is 2.13. The average molecular weight is 276 g/mol. The van der Waals surface area contributed by atoms with Gasteiger partial charge in [0.05, 0.1) is 17.7 Å². The van der Waals surface area contributed by atoms with Crippen LogP contribution in [0.1, 0.15) is 13.8 Å². The minimum Gasteiger partial charge on any atom is -0.408 e. The smallest absolute Gasteiger partial charge is 0.408 e. The van der Waals surface area contributed by atoms with Crippen molar-refractivity contribution >= 4 is 11.1 Å². The minimum atomic E-state index is -0.277. The SMILES string of the molecule is C[C@@H]1CN(CCn2c(=O)oc3ccccc32)C[C@H](C)O1. The lowest BCUT2D eigenvalue weighted by atomic mass is 10.2. The van der Waals surface area contributed by atoms with Gasteiger partial charge in [0.2, 0.25) is 0 Å². The van der Waals surface area contributed by atoms with Gasteiger partial charge in [-0.3, -0.25) is 9.47 Å². The van der Waals surface area contributed by atoms with E-state index in [-0.39, 0.29) is 18.0 Å². The number of ether oxygens (including phenoxy) is 1. The van der Waals surface area contributed by atoms with E-state index in [0.29, 0.717) is 12.1 Å². The van der Waals surface area contributed by atoms with Gasteiger partial charge >= 0.3 is 5.76 Å². The molecule has 2 heterocycles. The van der Waals surface area contributed by atoms with Gasteiger partial charge in [0, 0.05) is 26.2 Å². The van der Waals surface area contributed by atoms with Crippen LogP contribution in [0.5, 0.6) is 0 Å². The summed E-state index contributed by atoms with van der Waals surface area (Å²) in [6.07, 6.45) is 0.494. The third-order valence-electron chi connectivity index (χ3n) is 3.71. The Morgan fingerprint density at radius 1 is 1.15 bits per heavy atom. The molecule has 1 aromatic carbocycles. The Kier molecular flexibility index (Phi) is 3.63. The Labute approximate surface area is 117 Å². The van der Waals surface area contributed by atoms with E-state index in [0.717, 1.165) is 25.2 Å². The van der Waals surface area contributed by atoms with Gasteiger partial charge in [-0.2, -0.15) is 0 Å². The molecule has 1 aromatic heterocycles. The second-order valence-electron chi connectivity index (χ2n) is 5.50. The van der Waals surface area contributed by atoms with Crippen LogP contribution in [-0.2, 0) is 11.3 Å². The van der Waals surface area contributed by atoms with Gasteiger partial charge in [-0.05, 0) is 26.0 Å². The van der Waals surface area contributed by atoms with E-state index in [1.165, 1.54) is 0 Å². The first-order chi connectivity index (χ1) is 9.63. The van der Waals surface area contributed by atoms with E-state index >= 15 is 0 Å². The number of benzene rings is 1. The van der Waals surface area contributed by atoms with E-state index in [9.17, 15) is 4.79 Å². The predicted octanol–water partition coefficient (Wildman–Crippen LogP) is 1.70.